The van der Waals surface area contributed by atoms with Crippen molar-refractivity contribution >= 4 is 23.1 Å². The normalized spacial score (nSPS) is 22.1. The van der Waals surface area contributed by atoms with Crippen LogP contribution in [0.15, 0.2) is 0 Å². The first kappa shape index (κ1) is 15.9. The van der Waals surface area contributed by atoms with Crippen LogP contribution in [0.5, 0.6) is 0 Å². The number of anilines is 1. The molecule has 0 saturated heterocycles. The topological polar surface area (TPSA) is 72.2 Å². The number of hydrogen-bond donors (Lipinski definition) is 0. The fourth-order valence-electron chi connectivity index (χ4n) is 3.09. The summed E-state index contributed by atoms with van der Waals surface area (Å²) >= 11 is 5.88. The Labute approximate surface area is 129 Å². The van der Waals surface area contributed by atoms with Crippen molar-refractivity contribution in [2.75, 3.05) is 11.9 Å². The van der Waals surface area contributed by atoms with E-state index >= 15 is 0 Å². The van der Waals surface area contributed by atoms with Gasteiger partial charge in [-0.2, -0.15) is 4.98 Å². The lowest BCUT2D eigenvalue weighted by atomic mass is 9.84. The van der Waals surface area contributed by atoms with Gasteiger partial charge in [0.1, 0.15) is 5.69 Å². The van der Waals surface area contributed by atoms with Gasteiger partial charge in [0.15, 0.2) is 0 Å². The highest BCUT2D eigenvalue weighted by molar-refractivity contribution is 6.28. The van der Waals surface area contributed by atoms with Crippen LogP contribution in [0.25, 0.3) is 0 Å². The van der Waals surface area contributed by atoms with Crippen molar-refractivity contribution < 1.29 is 4.92 Å². The molecule has 0 unspecified atom stereocenters. The Kier molecular flexibility index (Phi) is 4.98. The third-order valence-electron chi connectivity index (χ3n) is 4.47. The van der Waals surface area contributed by atoms with Crippen LogP contribution < -0.4 is 4.90 Å². The zero-order chi connectivity index (χ0) is 15.6. The lowest BCUT2D eigenvalue weighted by Crippen LogP contribution is -2.36. The van der Waals surface area contributed by atoms with Crippen molar-refractivity contribution in [2.24, 2.45) is 5.92 Å². The molecule has 0 atom stereocenters. The second kappa shape index (κ2) is 6.56. The highest BCUT2D eigenvalue weighted by Gasteiger charge is 2.30. The third-order valence-corrected chi connectivity index (χ3v) is 4.64. The molecule has 1 fully saturated rings. The first-order valence-electron chi connectivity index (χ1n) is 7.35. The van der Waals surface area contributed by atoms with Crippen LogP contribution in [0.2, 0.25) is 5.28 Å². The van der Waals surface area contributed by atoms with Crippen molar-refractivity contribution in [1.29, 1.82) is 0 Å². The lowest BCUT2D eigenvalue weighted by molar-refractivity contribution is -0.385. The summed E-state index contributed by atoms with van der Waals surface area (Å²) < 4.78 is 0. The van der Waals surface area contributed by atoms with Crippen LogP contribution >= 0.6 is 11.6 Å². The van der Waals surface area contributed by atoms with Gasteiger partial charge in [0.05, 0.1) is 4.92 Å². The number of nitrogens with zero attached hydrogens (tertiary/aromatic N) is 4. The zero-order valence-corrected chi connectivity index (χ0v) is 13.4. The minimum atomic E-state index is -0.421. The van der Waals surface area contributed by atoms with Crippen molar-refractivity contribution in [3.05, 3.63) is 21.1 Å². The first-order valence-corrected chi connectivity index (χ1v) is 7.73. The number of rotatable bonds is 4. The summed E-state index contributed by atoms with van der Waals surface area (Å²) in [7, 11) is 1.86. The number of aryl methyl sites for hydroxylation is 1. The van der Waals surface area contributed by atoms with Crippen LogP contribution in [0.3, 0.4) is 0 Å². The molecule has 1 heterocycles. The molecule has 21 heavy (non-hydrogen) atoms. The zero-order valence-electron chi connectivity index (χ0n) is 12.7. The van der Waals surface area contributed by atoms with Gasteiger partial charge in [0.25, 0.3) is 0 Å². The fourth-order valence-corrected chi connectivity index (χ4v) is 3.30. The minimum absolute atomic E-state index is 0.0421. The Morgan fingerprint density at radius 3 is 2.48 bits per heavy atom. The molecular weight excluding hydrogens is 292 g/mol. The molecule has 0 N–H and O–H groups in total. The van der Waals surface area contributed by atoms with E-state index in [1.54, 1.807) is 6.92 Å². The molecule has 1 aliphatic carbocycles. The Balaban J connectivity index is 2.27. The standard InChI is InChI=1S/C14H21ClN4O2/c1-4-10-5-7-11(8-6-10)18(3)13-12(19(20)21)9(2)16-14(15)17-13/h10-11H,4-8H2,1-3H3. The molecule has 7 heteroatoms. The molecule has 1 aromatic rings. The van der Waals surface area contributed by atoms with E-state index < -0.39 is 4.92 Å². The summed E-state index contributed by atoms with van der Waals surface area (Å²) in [5, 5.41) is 11.4. The molecule has 1 aromatic heterocycles. The molecule has 1 saturated carbocycles. The summed E-state index contributed by atoms with van der Waals surface area (Å²) in [5.74, 6) is 1.11. The molecule has 0 bridgehead atoms. The average Bonchev–Trinajstić information content (AvgIpc) is 2.45. The van der Waals surface area contributed by atoms with Gasteiger partial charge in [-0.1, -0.05) is 13.3 Å². The Morgan fingerprint density at radius 2 is 1.95 bits per heavy atom. The van der Waals surface area contributed by atoms with Gasteiger partial charge >= 0.3 is 5.69 Å². The number of halogens is 1. The van der Waals surface area contributed by atoms with E-state index in [1.165, 1.54) is 6.42 Å². The summed E-state index contributed by atoms with van der Waals surface area (Å²) in [4.78, 5) is 20.8. The van der Waals surface area contributed by atoms with Crippen molar-refractivity contribution in [3.63, 3.8) is 0 Å². The average molecular weight is 313 g/mol. The van der Waals surface area contributed by atoms with E-state index in [4.69, 9.17) is 11.6 Å². The molecule has 1 aliphatic rings. The van der Waals surface area contributed by atoms with E-state index in [0.717, 1.165) is 31.6 Å². The Hall–Kier alpha value is -1.43. The van der Waals surface area contributed by atoms with Gasteiger partial charge in [-0.3, -0.25) is 10.1 Å². The summed E-state index contributed by atoms with van der Waals surface area (Å²) in [6, 6.07) is 0.275. The van der Waals surface area contributed by atoms with Crippen molar-refractivity contribution in [2.45, 2.75) is 52.0 Å². The SMILES string of the molecule is CCC1CCC(N(C)c2nc(Cl)nc(C)c2[N+](=O)[O-])CC1. The molecule has 2 rings (SSSR count). The van der Waals surface area contributed by atoms with Crippen LogP contribution in [0, 0.1) is 23.0 Å². The molecule has 6 nitrogen and oxygen atoms in total. The molecule has 0 aliphatic heterocycles. The van der Waals surface area contributed by atoms with Crippen molar-refractivity contribution in [3.8, 4) is 0 Å². The number of hydrogen-bond acceptors (Lipinski definition) is 5. The Morgan fingerprint density at radius 1 is 1.33 bits per heavy atom. The van der Waals surface area contributed by atoms with Gasteiger partial charge in [-0.05, 0) is 50.1 Å². The smallest absolute Gasteiger partial charge is 0.332 e. The summed E-state index contributed by atoms with van der Waals surface area (Å²) in [5.41, 5.74) is 0.267. The van der Waals surface area contributed by atoms with Crippen LogP contribution in [0.1, 0.15) is 44.7 Å². The van der Waals surface area contributed by atoms with E-state index in [2.05, 4.69) is 16.9 Å². The van der Waals surface area contributed by atoms with Crippen LogP contribution in [-0.2, 0) is 0 Å². The second-order valence-electron chi connectivity index (χ2n) is 5.70. The van der Waals surface area contributed by atoms with Gasteiger partial charge in [0, 0.05) is 13.1 Å². The fraction of sp³-hybridized carbons (Fsp3) is 0.714. The molecule has 0 aromatic carbocycles. The van der Waals surface area contributed by atoms with E-state index in [1.807, 2.05) is 11.9 Å². The van der Waals surface area contributed by atoms with Gasteiger partial charge < -0.3 is 4.90 Å². The minimum Gasteiger partial charge on any atom is -0.351 e. The maximum absolute atomic E-state index is 11.3. The van der Waals surface area contributed by atoms with Gasteiger partial charge in [-0.25, -0.2) is 4.98 Å². The quantitative estimate of drug-likeness (QED) is 0.481. The van der Waals surface area contributed by atoms with Gasteiger partial charge in [-0.15, -0.1) is 0 Å². The molecular formula is C14H21ClN4O2. The van der Waals surface area contributed by atoms with Crippen LogP contribution in [-0.4, -0.2) is 28.0 Å². The maximum atomic E-state index is 11.3. The number of aromatic nitrogens is 2. The predicted octanol–water partition coefficient (Wildman–Crippen LogP) is 3.75. The Bertz CT molecular complexity index is 530. The van der Waals surface area contributed by atoms with E-state index in [9.17, 15) is 10.1 Å². The molecule has 0 radical (unpaired) electrons. The lowest BCUT2D eigenvalue weighted by Gasteiger charge is -2.34. The second-order valence-corrected chi connectivity index (χ2v) is 6.04. The van der Waals surface area contributed by atoms with Crippen LogP contribution in [0.4, 0.5) is 11.5 Å². The molecule has 0 spiro atoms. The third kappa shape index (κ3) is 3.43. The maximum Gasteiger partial charge on any atom is 0.332 e. The first-order chi connectivity index (χ1) is 9.93. The molecule has 116 valence electrons. The largest absolute Gasteiger partial charge is 0.351 e. The monoisotopic (exact) mass is 312 g/mol. The predicted molar refractivity (Wildman–Crippen MR) is 82.9 cm³/mol. The van der Waals surface area contributed by atoms with Gasteiger partial charge in [0.2, 0.25) is 11.1 Å². The molecule has 0 amide bonds. The van der Waals surface area contributed by atoms with E-state index in [0.29, 0.717) is 11.5 Å². The highest BCUT2D eigenvalue weighted by Crippen LogP contribution is 2.35. The highest BCUT2D eigenvalue weighted by atomic mass is 35.5. The van der Waals surface area contributed by atoms with E-state index in [-0.39, 0.29) is 17.0 Å². The summed E-state index contributed by atoms with van der Waals surface area (Å²) in [6.45, 7) is 3.81. The summed E-state index contributed by atoms with van der Waals surface area (Å²) in [6.07, 6.45) is 5.60. The number of nitro groups is 1. The van der Waals surface area contributed by atoms with Crippen molar-refractivity contribution in [1.82, 2.24) is 9.97 Å².